The predicted octanol–water partition coefficient (Wildman–Crippen LogP) is 11.8. The fourth-order valence-corrected chi connectivity index (χ4v) is 7.94. The van der Waals surface area contributed by atoms with Crippen molar-refractivity contribution in [1.29, 1.82) is 0 Å². The number of benzene rings is 7. The largest absolute Gasteiger partial charge is 0.455 e. The summed E-state index contributed by atoms with van der Waals surface area (Å²) in [5.41, 5.74) is 17.7. The number of rotatable bonds is 5. The lowest BCUT2D eigenvalue weighted by atomic mass is 9.82. The third-order valence-electron chi connectivity index (χ3n) is 10.7. The number of para-hydroxylation sites is 3. The molecule has 0 saturated carbocycles. The van der Waals surface area contributed by atoms with Gasteiger partial charge in [-0.3, -0.25) is 4.99 Å². The molecular weight excluding hydrogens is 667 g/mol. The number of nitrogens with zero attached hydrogens (tertiary/aromatic N) is 2. The molecule has 0 radical (unpaired) electrons. The van der Waals surface area contributed by atoms with Crippen LogP contribution in [0.1, 0.15) is 41.7 Å². The monoisotopic (exact) mass is 701 g/mol. The second kappa shape index (κ2) is 12.3. The van der Waals surface area contributed by atoms with Crippen LogP contribution in [0.2, 0.25) is 0 Å². The molecule has 0 unspecified atom stereocenters. The van der Waals surface area contributed by atoms with E-state index in [-0.39, 0.29) is 11.3 Å². The number of hydrogen-bond donors (Lipinski definition) is 1. The highest BCUT2D eigenvalue weighted by atomic mass is 16.6. The van der Waals surface area contributed by atoms with Crippen LogP contribution in [0.15, 0.2) is 166 Å². The maximum absolute atomic E-state index is 6.92. The smallest absolute Gasteiger partial charge is 0.181 e. The van der Waals surface area contributed by atoms with Crippen molar-refractivity contribution < 1.29 is 13.9 Å². The van der Waals surface area contributed by atoms with Crippen molar-refractivity contribution in [1.82, 2.24) is 0 Å². The highest BCUT2D eigenvalue weighted by Gasteiger charge is 2.40. The average Bonchev–Trinajstić information content (AvgIpc) is 3.71. The van der Waals surface area contributed by atoms with Crippen LogP contribution in [0.4, 0.5) is 0 Å². The summed E-state index contributed by atoms with van der Waals surface area (Å²) in [6.45, 7) is 4.94. The molecule has 2 N–H and O–H groups in total. The van der Waals surface area contributed by atoms with Crippen LogP contribution in [0.25, 0.3) is 44.2 Å². The molecule has 1 aliphatic heterocycles. The lowest BCUT2D eigenvalue weighted by Gasteiger charge is -2.26. The lowest BCUT2D eigenvalue weighted by Crippen LogP contribution is -2.18. The van der Waals surface area contributed by atoms with Gasteiger partial charge in [-0.2, -0.15) is 0 Å². The Morgan fingerprint density at radius 3 is 2.20 bits per heavy atom. The predicted molar refractivity (Wildman–Crippen MR) is 217 cm³/mol. The number of nitrogens with two attached hydrogens (primary N) is 1. The van der Waals surface area contributed by atoms with Crippen LogP contribution < -0.4 is 15.2 Å². The zero-order valence-corrected chi connectivity index (χ0v) is 29.8. The molecule has 2 aliphatic rings. The third-order valence-corrected chi connectivity index (χ3v) is 10.7. The summed E-state index contributed by atoms with van der Waals surface area (Å²) in [4.78, 5) is 10.0. The van der Waals surface area contributed by atoms with E-state index in [0.29, 0.717) is 40.9 Å². The first-order valence-electron chi connectivity index (χ1n) is 18.1. The molecule has 0 amide bonds. The van der Waals surface area contributed by atoms with E-state index in [9.17, 15) is 0 Å². The molecule has 0 saturated heterocycles. The van der Waals surface area contributed by atoms with Crippen LogP contribution in [0.5, 0.6) is 23.0 Å². The lowest BCUT2D eigenvalue weighted by molar-refractivity contribution is 0.359. The Morgan fingerprint density at radius 1 is 0.611 bits per heavy atom. The average molecular weight is 702 g/mol. The van der Waals surface area contributed by atoms with Crippen molar-refractivity contribution in [2.75, 3.05) is 0 Å². The molecular formula is C48H35N3O3. The molecule has 6 nitrogen and oxygen atoms in total. The molecule has 260 valence electrons. The van der Waals surface area contributed by atoms with Crippen LogP contribution in [0.3, 0.4) is 0 Å². The van der Waals surface area contributed by atoms with E-state index in [0.717, 1.165) is 55.3 Å². The van der Waals surface area contributed by atoms with Gasteiger partial charge in [-0.25, -0.2) is 4.99 Å². The Labute approximate surface area is 312 Å². The van der Waals surface area contributed by atoms with Gasteiger partial charge in [0.15, 0.2) is 28.8 Å². The Morgan fingerprint density at radius 2 is 1.33 bits per heavy atom. The van der Waals surface area contributed by atoms with Gasteiger partial charge in [0.05, 0.1) is 12.1 Å². The van der Waals surface area contributed by atoms with E-state index >= 15 is 0 Å². The van der Waals surface area contributed by atoms with Crippen molar-refractivity contribution in [3.8, 4) is 45.3 Å². The van der Waals surface area contributed by atoms with Crippen molar-refractivity contribution in [2.45, 2.75) is 25.8 Å². The second-order valence-electron chi connectivity index (χ2n) is 14.3. The van der Waals surface area contributed by atoms with Crippen LogP contribution in [-0.4, -0.2) is 11.7 Å². The summed E-state index contributed by atoms with van der Waals surface area (Å²) in [6, 6.07) is 51.2. The number of amidine groups is 2. The zero-order chi connectivity index (χ0) is 36.4. The van der Waals surface area contributed by atoms with Gasteiger partial charge in [0, 0.05) is 32.9 Å². The van der Waals surface area contributed by atoms with Gasteiger partial charge < -0.3 is 19.6 Å². The van der Waals surface area contributed by atoms with Crippen LogP contribution in [0, 0.1) is 0 Å². The quantitative estimate of drug-likeness (QED) is 0.143. The van der Waals surface area contributed by atoms with Gasteiger partial charge in [-0.1, -0.05) is 141 Å². The Hall–Kier alpha value is -6.92. The molecule has 0 bridgehead atoms. The minimum absolute atomic E-state index is 0.178. The standard InChI is InChI=1S/C48H35N3O3/c1-48(2)37-19-8-6-15-35(37)42-38(48)26-27-41-45(42)54-44-36(18-11-21-40(44)52-41)46(49)51-47(50-28-29-12-4-3-5-13-29)31-24-22-30(23-25-31)32-16-10-17-34-33-14-7-9-20-39(33)53-43(32)34/h3-27H,28H2,1-2H3,(H2,49,50,51). The maximum atomic E-state index is 6.92. The molecule has 1 aromatic heterocycles. The first kappa shape index (κ1) is 31.8. The Kier molecular flexibility index (Phi) is 7.27. The highest BCUT2D eigenvalue weighted by molar-refractivity contribution is 6.13. The van der Waals surface area contributed by atoms with E-state index in [1.807, 2.05) is 72.8 Å². The van der Waals surface area contributed by atoms with Gasteiger partial charge in [0.2, 0.25) is 0 Å². The summed E-state index contributed by atoms with van der Waals surface area (Å²) in [5, 5.41) is 2.19. The van der Waals surface area contributed by atoms with Crippen molar-refractivity contribution in [3.63, 3.8) is 0 Å². The molecule has 10 rings (SSSR count). The zero-order valence-electron chi connectivity index (χ0n) is 29.8. The molecule has 6 heteroatoms. The molecule has 2 heterocycles. The second-order valence-corrected chi connectivity index (χ2v) is 14.3. The number of fused-ring (bicyclic) bond motifs is 9. The summed E-state index contributed by atoms with van der Waals surface area (Å²) in [5.74, 6) is 3.25. The number of hydrogen-bond acceptors (Lipinski definition) is 4. The van der Waals surface area contributed by atoms with Gasteiger partial charge in [0.25, 0.3) is 0 Å². The summed E-state index contributed by atoms with van der Waals surface area (Å²) in [7, 11) is 0. The minimum Gasteiger partial charge on any atom is -0.455 e. The summed E-state index contributed by atoms with van der Waals surface area (Å²) >= 11 is 0. The van der Waals surface area contributed by atoms with Crippen LogP contribution >= 0.6 is 0 Å². The van der Waals surface area contributed by atoms with Gasteiger partial charge >= 0.3 is 0 Å². The van der Waals surface area contributed by atoms with E-state index in [4.69, 9.17) is 29.6 Å². The first-order valence-corrected chi connectivity index (χ1v) is 18.1. The molecule has 7 aromatic carbocycles. The normalized spacial score (nSPS) is 14.2. The SMILES string of the molecule is CC1(C)c2ccccc2-c2c1ccc1c2Oc2c(cccc2C(N)=NC(=NCc2ccccc2)c2ccc(-c3cccc4c3oc3ccccc34)cc2)O1. The first-order chi connectivity index (χ1) is 26.4. The van der Waals surface area contributed by atoms with E-state index in [1.54, 1.807) is 0 Å². The maximum Gasteiger partial charge on any atom is 0.181 e. The summed E-state index contributed by atoms with van der Waals surface area (Å²) in [6.07, 6.45) is 0. The van der Waals surface area contributed by atoms with E-state index < -0.39 is 0 Å². The highest BCUT2D eigenvalue weighted by Crippen LogP contribution is 2.58. The molecule has 1 aliphatic carbocycles. The van der Waals surface area contributed by atoms with Crippen LogP contribution in [-0.2, 0) is 12.0 Å². The third kappa shape index (κ3) is 5.10. The van der Waals surface area contributed by atoms with Crippen molar-refractivity contribution >= 4 is 33.6 Å². The van der Waals surface area contributed by atoms with Gasteiger partial charge in [-0.05, 0) is 52.1 Å². The van der Waals surface area contributed by atoms with Gasteiger partial charge in [0.1, 0.15) is 17.0 Å². The fourth-order valence-electron chi connectivity index (χ4n) is 7.94. The molecule has 0 atom stereocenters. The van der Waals surface area contributed by atoms with Crippen molar-refractivity contribution in [3.05, 3.63) is 179 Å². The Bertz CT molecular complexity index is 2830. The molecule has 8 aromatic rings. The molecule has 54 heavy (non-hydrogen) atoms. The number of ether oxygens (including phenoxy) is 2. The molecule has 0 spiro atoms. The topological polar surface area (TPSA) is 82.3 Å². The fraction of sp³-hybridized carbons (Fsp3) is 0.0833. The minimum atomic E-state index is -0.178. The number of furan rings is 1. The van der Waals surface area contributed by atoms with Crippen molar-refractivity contribution in [2.24, 2.45) is 15.7 Å². The van der Waals surface area contributed by atoms with E-state index in [1.165, 1.54) is 11.1 Å². The van der Waals surface area contributed by atoms with E-state index in [2.05, 4.69) is 92.7 Å². The number of aliphatic imine (C=N–C) groups is 2. The summed E-state index contributed by atoms with van der Waals surface area (Å²) < 4.78 is 19.7. The molecule has 0 fully saturated rings. The van der Waals surface area contributed by atoms with Gasteiger partial charge in [-0.15, -0.1) is 0 Å². The Balaban J connectivity index is 1.04.